The first-order valence-corrected chi connectivity index (χ1v) is 12.7. The molecule has 4 aromatic rings. The second-order valence-corrected chi connectivity index (χ2v) is 9.81. The molecule has 0 atom stereocenters. The molecular weight excluding hydrogens is 511 g/mol. The minimum absolute atomic E-state index is 0.210. The van der Waals surface area contributed by atoms with Crippen molar-refractivity contribution in [3.8, 4) is 42.6 Å². The summed E-state index contributed by atoms with van der Waals surface area (Å²) < 4.78 is 47.3. The standard InChI is InChI=1S/C25H21O2Se.ClHO4/c1-26-22-12-8-19(9-13-22)24-16-21(18-6-4-3-5-7-18)17-25(28-24)20-10-14-23(27-2)15-11-20;2-1(3,4)5/h3-17H,1-2H3;(H,2,3,4,5)/q+1;/p-1. The number of methoxy groups -OCH3 is 2. The molecular formula is C25H21ClO6Se. The fraction of sp³-hybridized carbons (Fsp3) is 0.0800. The van der Waals surface area contributed by atoms with Gasteiger partial charge in [-0.3, -0.25) is 0 Å². The van der Waals surface area contributed by atoms with Crippen molar-refractivity contribution in [3.63, 3.8) is 0 Å². The number of benzene rings is 3. The van der Waals surface area contributed by atoms with E-state index in [1.165, 1.54) is 31.1 Å². The molecule has 1 aromatic heterocycles. The maximum atomic E-state index is 8.49. The Hall–Kier alpha value is -2.74. The van der Waals surface area contributed by atoms with Gasteiger partial charge in [0, 0.05) is 0 Å². The molecule has 4 rings (SSSR count). The largest absolute Gasteiger partial charge is 0.222 e. The van der Waals surface area contributed by atoms with E-state index in [1.807, 2.05) is 24.3 Å². The van der Waals surface area contributed by atoms with E-state index in [0.29, 0.717) is 0 Å². The molecule has 0 saturated carbocycles. The van der Waals surface area contributed by atoms with Gasteiger partial charge >= 0.3 is 172 Å². The Labute approximate surface area is 200 Å². The van der Waals surface area contributed by atoms with E-state index in [2.05, 4.69) is 66.7 Å². The Bertz CT molecular complexity index is 1090. The fourth-order valence-electron chi connectivity index (χ4n) is 3.09. The van der Waals surface area contributed by atoms with Crippen LogP contribution in [0.2, 0.25) is 0 Å². The summed E-state index contributed by atoms with van der Waals surface area (Å²) in [6.45, 7) is 0. The Morgan fingerprint density at radius 2 is 0.939 bits per heavy atom. The monoisotopic (exact) mass is 532 g/mol. The predicted molar refractivity (Wildman–Crippen MR) is 117 cm³/mol. The first-order valence-electron chi connectivity index (χ1n) is 9.71. The Balaban J connectivity index is 0.000000555. The molecule has 0 bridgehead atoms. The van der Waals surface area contributed by atoms with Gasteiger partial charge in [-0.2, -0.15) is 0 Å². The van der Waals surface area contributed by atoms with Crippen LogP contribution in [0.15, 0.2) is 91.0 Å². The molecule has 0 saturated heterocycles. The summed E-state index contributed by atoms with van der Waals surface area (Å²) in [5, 5.41) is 0. The van der Waals surface area contributed by atoms with Gasteiger partial charge in [0.25, 0.3) is 0 Å². The third kappa shape index (κ3) is 7.66. The van der Waals surface area contributed by atoms with E-state index in [1.54, 1.807) is 14.2 Å². The number of rotatable bonds is 5. The van der Waals surface area contributed by atoms with Gasteiger partial charge in [0.1, 0.15) is 0 Å². The molecule has 0 fully saturated rings. The maximum absolute atomic E-state index is 8.49. The summed E-state index contributed by atoms with van der Waals surface area (Å²) in [5.74, 6) is 1.76. The van der Waals surface area contributed by atoms with Crippen LogP contribution < -0.4 is 28.1 Å². The van der Waals surface area contributed by atoms with Crippen molar-refractivity contribution >= 4 is 14.5 Å². The normalized spacial score (nSPS) is 10.7. The van der Waals surface area contributed by atoms with Crippen molar-refractivity contribution in [1.82, 2.24) is 0 Å². The van der Waals surface area contributed by atoms with E-state index in [9.17, 15) is 0 Å². The van der Waals surface area contributed by atoms with Crippen LogP contribution in [0.5, 0.6) is 11.5 Å². The first-order chi connectivity index (χ1) is 15.8. The molecule has 0 aliphatic rings. The summed E-state index contributed by atoms with van der Waals surface area (Å²) in [7, 11) is -1.55. The van der Waals surface area contributed by atoms with E-state index < -0.39 is 10.2 Å². The van der Waals surface area contributed by atoms with Crippen LogP contribution in [-0.4, -0.2) is 28.7 Å². The van der Waals surface area contributed by atoms with Gasteiger partial charge in [0.05, 0.1) is 0 Å². The minimum Gasteiger partial charge on any atom is -0.222 e. The average molecular weight is 532 g/mol. The fourth-order valence-corrected chi connectivity index (χ4v) is 5.44. The van der Waals surface area contributed by atoms with Crippen LogP contribution >= 0.6 is 0 Å². The van der Waals surface area contributed by atoms with E-state index in [-0.39, 0.29) is 14.5 Å². The molecule has 0 amide bonds. The van der Waals surface area contributed by atoms with Crippen LogP contribution in [0.3, 0.4) is 0 Å². The molecule has 170 valence electrons. The zero-order chi connectivity index (χ0) is 23.8. The van der Waals surface area contributed by atoms with E-state index in [0.717, 1.165) is 11.5 Å². The zero-order valence-corrected chi connectivity index (χ0v) is 20.4. The smallest absolute Gasteiger partial charge is 0.112 e. The molecule has 33 heavy (non-hydrogen) atoms. The molecule has 1 heterocycles. The summed E-state index contributed by atoms with van der Waals surface area (Å²) in [5.41, 5.74) is 4.96. The quantitative estimate of drug-likeness (QED) is 0.359. The van der Waals surface area contributed by atoms with Crippen LogP contribution in [-0.2, 0) is 0 Å². The van der Waals surface area contributed by atoms with Gasteiger partial charge in [-0.05, 0) is 0 Å². The molecule has 0 unspecified atom stereocenters. The summed E-state index contributed by atoms with van der Waals surface area (Å²) in [6.07, 6.45) is 0. The molecule has 3 aromatic carbocycles. The second kappa shape index (κ2) is 11.4. The van der Waals surface area contributed by atoms with Gasteiger partial charge in [-0.25, -0.2) is 18.6 Å². The Morgan fingerprint density at radius 3 is 1.30 bits per heavy atom. The van der Waals surface area contributed by atoms with Crippen molar-refractivity contribution in [1.29, 1.82) is 0 Å². The van der Waals surface area contributed by atoms with Gasteiger partial charge in [0.15, 0.2) is 0 Å². The molecule has 0 aliphatic carbocycles. The van der Waals surface area contributed by atoms with Gasteiger partial charge in [-0.1, -0.05) is 0 Å². The molecule has 6 nitrogen and oxygen atoms in total. The van der Waals surface area contributed by atoms with Gasteiger partial charge in [-0.15, -0.1) is 10.2 Å². The molecule has 0 spiro atoms. The summed E-state index contributed by atoms with van der Waals surface area (Å²) in [6, 6.07) is 31.9. The van der Waals surface area contributed by atoms with Crippen molar-refractivity contribution < 1.29 is 38.4 Å². The first kappa shape index (κ1) is 24.9. The molecule has 0 radical (unpaired) electrons. The third-order valence-corrected chi connectivity index (χ3v) is 7.06. The topological polar surface area (TPSA) is 111 Å². The van der Waals surface area contributed by atoms with Crippen LogP contribution in [0.25, 0.3) is 31.1 Å². The van der Waals surface area contributed by atoms with Crippen LogP contribution in [0.1, 0.15) is 0 Å². The van der Waals surface area contributed by atoms with Crippen LogP contribution in [0.4, 0.5) is 0 Å². The van der Waals surface area contributed by atoms with Crippen molar-refractivity contribution in [2.75, 3.05) is 14.2 Å². The Morgan fingerprint density at radius 1 is 0.545 bits per heavy atom. The summed E-state index contributed by atoms with van der Waals surface area (Å²) >= 11 is 0.210. The number of halogens is 1. The van der Waals surface area contributed by atoms with Gasteiger partial charge in [0.2, 0.25) is 0 Å². The zero-order valence-electron chi connectivity index (χ0n) is 17.9. The van der Waals surface area contributed by atoms with E-state index >= 15 is 0 Å². The molecule has 0 N–H and O–H groups in total. The Kier molecular flexibility index (Phi) is 8.60. The third-order valence-electron chi connectivity index (χ3n) is 4.65. The van der Waals surface area contributed by atoms with Crippen molar-refractivity contribution in [2.24, 2.45) is 0 Å². The van der Waals surface area contributed by atoms with Gasteiger partial charge < -0.3 is 0 Å². The number of hydrogen-bond acceptors (Lipinski definition) is 6. The predicted octanol–water partition coefficient (Wildman–Crippen LogP) is 1.29. The number of hydrogen-bond donors (Lipinski definition) is 0. The maximum Gasteiger partial charge on any atom is -0.112 e. The molecule has 8 heteroatoms. The number of ether oxygens (including phenoxy) is 2. The second-order valence-electron chi connectivity index (χ2n) is 6.78. The average Bonchev–Trinajstić information content (AvgIpc) is 2.83. The van der Waals surface area contributed by atoms with Crippen LogP contribution in [0, 0.1) is 10.2 Å². The molecule has 0 aliphatic heterocycles. The van der Waals surface area contributed by atoms with Crippen molar-refractivity contribution in [3.05, 3.63) is 91.0 Å². The van der Waals surface area contributed by atoms with Crippen molar-refractivity contribution in [2.45, 2.75) is 0 Å². The summed E-state index contributed by atoms with van der Waals surface area (Å²) in [4.78, 5) is 0. The van der Waals surface area contributed by atoms with E-state index in [4.69, 9.17) is 28.1 Å². The minimum atomic E-state index is -4.94. The SMILES string of the molecule is COc1ccc(-c2cc(-c3ccccc3)cc(-c3ccc(OC)cc3)[se+]2)cc1.[O-][Cl+3]([O-])([O-])[O-].